The highest BCUT2D eigenvalue weighted by Crippen LogP contribution is 2.35. The van der Waals surface area contributed by atoms with E-state index >= 15 is 0 Å². The third kappa shape index (κ3) is 15.3. The van der Waals surface area contributed by atoms with E-state index in [4.69, 9.17) is 30.0 Å². The Morgan fingerprint density at radius 3 is 1.40 bits per heavy atom. The van der Waals surface area contributed by atoms with Crippen LogP contribution < -0.4 is 0 Å². The van der Waals surface area contributed by atoms with Crippen LogP contribution in [0.15, 0.2) is 0 Å². The lowest BCUT2D eigenvalue weighted by Gasteiger charge is -2.32. The van der Waals surface area contributed by atoms with Gasteiger partial charge in [-0.3, -0.25) is 0 Å². The molecule has 1 aliphatic carbocycles. The Morgan fingerprint density at radius 1 is 1.07 bits per heavy atom. The van der Waals surface area contributed by atoms with Gasteiger partial charge in [0.1, 0.15) is 0 Å². The minimum Gasteiger partial charge on any atom is -0.450 e. The molecule has 6 heteroatoms. The van der Waals surface area contributed by atoms with Crippen LogP contribution in [0.3, 0.4) is 0 Å². The normalized spacial score (nSPS) is 22.0. The summed E-state index contributed by atoms with van der Waals surface area (Å²) in [6.07, 6.45) is 0.720. The van der Waals surface area contributed by atoms with Crippen LogP contribution in [0.5, 0.6) is 0 Å². The number of carboxylic acid groups (broad SMARTS) is 4. The topological polar surface area (TPSA) is 115 Å². The summed E-state index contributed by atoms with van der Waals surface area (Å²) in [4.78, 5) is 17.1. The van der Waals surface area contributed by atoms with Gasteiger partial charge in [0, 0.05) is 0 Å². The molecular weight excluding hydrogens is 204 g/mol. The summed E-state index contributed by atoms with van der Waals surface area (Å²) in [5, 5.41) is 27.9. The highest BCUT2D eigenvalue weighted by atomic mass is 16.6. The molecule has 2 atom stereocenters. The SMILES string of the molecule is CCC1CCC1C.O=C(O)O.O=C(O)O. The first-order chi connectivity index (χ1) is 6.81. The van der Waals surface area contributed by atoms with Crippen molar-refractivity contribution in [3.05, 3.63) is 0 Å². The Hall–Kier alpha value is -1.46. The molecule has 0 amide bonds. The Labute approximate surface area is 88.2 Å². The molecule has 0 radical (unpaired) electrons. The van der Waals surface area contributed by atoms with Crippen molar-refractivity contribution in [3.8, 4) is 0 Å². The molecule has 6 nitrogen and oxygen atoms in total. The number of carbonyl (C=O) groups is 2. The molecule has 0 heterocycles. The van der Waals surface area contributed by atoms with E-state index < -0.39 is 12.3 Å². The van der Waals surface area contributed by atoms with Crippen LogP contribution in [0.2, 0.25) is 0 Å². The van der Waals surface area contributed by atoms with E-state index in [0.29, 0.717) is 0 Å². The predicted octanol–water partition coefficient (Wildman–Crippen LogP) is 2.89. The molecule has 90 valence electrons. The summed E-state index contributed by atoms with van der Waals surface area (Å²) in [6, 6.07) is 0. The van der Waals surface area contributed by atoms with Crippen LogP contribution in [-0.4, -0.2) is 32.7 Å². The van der Waals surface area contributed by atoms with Gasteiger partial charge < -0.3 is 20.4 Å². The molecule has 1 saturated carbocycles. The van der Waals surface area contributed by atoms with Crippen molar-refractivity contribution in [2.24, 2.45) is 11.8 Å². The van der Waals surface area contributed by atoms with Crippen molar-refractivity contribution in [2.45, 2.75) is 33.1 Å². The maximum absolute atomic E-state index is 8.56. The molecule has 0 aliphatic heterocycles. The summed E-state index contributed by atoms with van der Waals surface area (Å²) in [6.45, 7) is 4.65. The Bertz CT molecular complexity index is 169. The molecule has 0 bridgehead atoms. The monoisotopic (exact) mass is 222 g/mol. The molecule has 0 spiro atoms. The fraction of sp³-hybridized carbons (Fsp3) is 0.778. The maximum Gasteiger partial charge on any atom is 0.503 e. The average Bonchev–Trinajstić information content (AvgIpc) is 2.00. The Morgan fingerprint density at radius 2 is 1.40 bits per heavy atom. The zero-order valence-corrected chi connectivity index (χ0v) is 8.88. The lowest BCUT2D eigenvalue weighted by atomic mass is 9.74. The van der Waals surface area contributed by atoms with Gasteiger partial charge in [-0.25, -0.2) is 9.59 Å². The summed E-state index contributed by atoms with van der Waals surface area (Å²) in [5.41, 5.74) is 0. The van der Waals surface area contributed by atoms with Crippen LogP contribution in [-0.2, 0) is 0 Å². The van der Waals surface area contributed by atoms with E-state index in [-0.39, 0.29) is 0 Å². The molecular formula is C9H18O6. The lowest BCUT2D eigenvalue weighted by molar-refractivity contribution is 0.135. The van der Waals surface area contributed by atoms with Crippen molar-refractivity contribution in [1.82, 2.24) is 0 Å². The zero-order chi connectivity index (χ0) is 12.4. The summed E-state index contributed by atoms with van der Waals surface area (Å²) < 4.78 is 0. The summed E-state index contributed by atoms with van der Waals surface area (Å²) >= 11 is 0. The van der Waals surface area contributed by atoms with Crippen LogP contribution in [0.1, 0.15) is 33.1 Å². The highest BCUT2D eigenvalue weighted by Gasteiger charge is 2.23. The summed E-state index contributed by atoms with van der Waals surface area (Å²) in [5.74, 6) is 2.13. The van der Waals surface area contributed by atoms with Gasteiger partial charge in [-0.05, 0) is 18.3 Å². The third-order valence-corrected chi connectivity index (χ3v) is 2.32. The quantitative estimate of drug-likeness (QED) is 0.542. The molecule has 1 aliphatic rings. The largest absolute Gasteiger partial charge is 0.503 e. The molecule has 1 rings (SSSR count). The number of hydrogen-bond donors (Lipinski definition) is 4. The van der Waals surface area contributed by atoms with Gasteiger partial charge in [-0.2, -0.15) is 0 Å². The van der Waals surface area contributed by atoms with E-state index in [9.17, 15) is 0 Å². The minimum absolute atomic E-state index is 1.05. The van der Waals surface area contributed by atoms with Crippen molar-refractivity contribution in [1.29, 1.82) is 0 Å². The van der Waals surface area contributed by atoms with Crippen molar-refractivity contribution < 1.29 is 30.0 Å². The molecule has 4 N–H and O–H groups in total. The predicted molar refractivity (Wildman–Crippen MR) is 53.5 cm³/mol. The molecule has 2 unspecified atom stereocenters. The van der Waals surface area contributed by atoms with E-state index in [2.05, 4.69) is 13.8 Å². The third-order valence-electron chi connectivity index (χ3n) is 2.32. The lowest BCUT2D eigenvalue weighted by Crippen LogP contribution is -2.21. The second kappa shape index (κ2) is 9.11. The van der Waals surface area contributed by atoms with Gasteiger partial charge in [0.25, 0.3) is 0 Å². The minimum atomic E-state index is -1.83. The van der Waals surface area contributed by atoms with Crippen LogP contribution >= 0.6 is 0 Å². The molecule has 0 aromatic carbocycles. The first kappa shape index (κ1) is 16.0. The van der Waals surface area contributed by atoms with Gasteiger partial charge in [0.05, 0.1) is 0 Å². The van der Waals surface area contributed by atoms with E-state index in [1.165, 1.54) is 19.3 Å². The second-order valence-corrected chi connectivity index (χ2v) is 3.29. The van der Waals surface area contributed by atoms with Gasteiger partial charge in [-0.15, -0.1) is 0 Å². The van der Waals surface area contributed by atoms with Gasteiger partial charge in [0.15, 0.2) is 0 Å². The van der Waals surface area contributed by atoms with Crippen LogP contribution in [0, 0.1) is 11.8 Å². The number of rotatable bonds is 1. The fourth-order valence-corrected chi connectivity index (χ4v) is 1.34. The Balaban J connectivity index is 0. The average molecular weight is 222 g/mol. The van der Waals surface area contributed by atoms with Crippen molar-refractivity contribution in [3.63, 3.8) is 0 Å². The second-order valence-electron chi connectivity index (χ2n) is 3.29. The smallest absolute Gasteiger partial charge is 0.450 e. The molecule has 0 saturated heterocycles. The van der Waals surface area contributed by atoms with Gasteiger partial charge >= 0.3 is 12.3 Å². The molecule has 0 aromatic rings. The first-order valence-electron chi connectivity index (χ1n) is 4.65. The van der Waals surface area contributed by atoms with Gasteiger partial charge in [-0.1, -0.05) is 26.7 Å². The molecule has 0 aromatic heterocycles. The van der Waals surface area contributed by atoms with E-state index in [1.54, 1.807) is 0 Å². The van der Waals surface area contributed by atoms with Crippen molar-refractivity contribution in [2.75, 3.05) is 0 Å². The van der Waals surface area contributed by atoms with E-state index in [0.717, 1.165) is 11.8 Å². The van der Waals surface area contributed by atoms with Gasteiger partial charge in [0.2, 0.25) is 0 Å². The number of hydrogen-bond acceptors (Lipinski definition) is 2. The van der Waals surface area contributed by atoms with Crippen molar-refractivity contribution >= 4 is 12.3 Å². The standard InChI is InChI=1S/C7H14.2CH2O3/c1-3-7-5-4-6(7)2;2*2-1(3)4/h6-7H,3-5H2,1-2H3;2*(H2,2,3,4). The van der Waals surface area contributed by atoms with Crippen LogP contribution in [0.4, 0.5) is 9.59 Å². The summed E-state index contributed by atoms with van der Waals surface area (Å²) in [7, 11) is 0. The highest BCUT2D eigenvalue weighted by molar-refractivity contribution is 5.53. The molecule has 15 heavy (non-hydrogen) atoms. The zero-order valence-electron chi connectivity index (χ0n) is 8.88. The first-order valence-corrected chi connectivity index (χ1v) is 4.65. The maximum atomic E-state index is 8.56. The van der Waals surface area contributed by atoms with E-state index in [1.807, 2.05) is 0 Å². The Kier molecular flexibility index (Phi) is 9.71. The fourth-order valence-electron chi connectivity index (χ4n) is 1.34. The molecule has 1 fully saturated rings. The van der Waals surface area contributed by atoms with Crippen LogP contribution in [0.25, 0.3) is 0 Å².